The minimum atomic E-state index is -4.92. The number of amides is 1. The molecule has 0 spiro atoms. The molecule has 1 heterocycles. The largest absolute Gasteiger partial charge is 0.573 e. The van der Waals surface area contributed by atoms with Gasteiger partial charge >= 0.3 is 12.5 Å². The number of methoxy groups -OCH3 is 2. The number of carbonyl (C=O) groups is 1. The van der Waals surface area contributed by atoms with E-state index in [-0.39, 0.29) is 28.4 Å². The van der Waals surface area contributed by atoms with Crippen molar-refractivity contribution < 1.29 is 45.3 Å². The van der Waals surface area contributed by atoms with Gasteiger partial charge in [0.15, 0.2) is 17.2 Å². The number of nitrogens with zero attached hydrogens (tertiary/aromatic N) is 1. The average molecular weight is 506 g/mol. The van der Waals surface area contributed by atoms with Gasteiger partial charge in [-0.15, -0.1) is 24.5 Å². The first-order valence-electron chi connectivity index (χ1n) is 9.34. The van der Waals surface area contributed by atoms with Gasteiger partial charge in [0, 0.05) is 12.1 Å². The normalized spacial score (nSPS) is 11.8. The lowest BCUT2D eigenvalue weighted by Gasteiger charge is -2.11. The topological polar surface area (TPSA) is 69.7 Å². The maximum Gasteiger partial charge on any atom is 0.573 e. The van der Waals surface area contributed by atoms with E-state index in [0.717, 1.165) is 12.1 Å². The van der Waals surface area contributed by atoms with Gasteiger partial charge in [0.25, 0.3) is 5.91 Å². The van der Waals surface area contributed by atoms with Crippen LogP contribution >= 0.6 is 11.3 Å². The monoisotopic (exact) mass is 506 g/mol. The van der Waals surface area contributed by atoms with Gasteiger partial charge in [0.1, 0.15) is 15.6 Å². The quantitative estimate of drug-likeness (QED) is 0.418. The van der Waals surface area contributed by atoms with E-state index in [0.29, 0.717) is 17.1 Å². The molecule has 0 aliphatic rings. The number of rotatable bonds is 7. The van der Waals surface area contributed by atoms with Gasteiger partial charge in [-0.1, -0.05) is 12.1 Å². The van der Waals surface area contributed by atoms with Crippen molar-refractivity contribution in [3.8, 4) is 27.8 Å². The van der Waals surface area contributed by atoms with Crippen LogP contribution in [-0.4, -0.2) is 31.5 Å². The molecule has 182 valence electrons. The molecule has 1 aromatic heterocycles. The summed E-state index contributed by atoms with van der Waals surface area (Å²) in [6.07, 6.45) is -9.83. The van der Waals surface area contributed by atoms with Crippen molar-refractivity contribution in [2.75, 3.05) is 14.2 Å². The van der Waals surface area contributed by atoms with E-state index in [1.165, 1.54) is 44.6 Å². The van der Waals surface area contributed by atoms with Crippen LogP contribution in [0.2, 0.25) is 0 Å². The Hall–Kier alpha value is -3.48. The predicted molar refractivity (Wildman–Crippen MR) is 110 cm³/mol. The van der Waals surface area contributed by atoms with E-state index < -0.39 is 34.8 Å². The molecule has 0 radical (unpaired) electrons. The minimum Gasteiger partial charge on any atom is -0.493 e. The summed E-state index contributed by atoms with van der Waals surface area (Å²) < 4.78 is 91.9. The zero-order chi connectivity index (χ0) is 25.1. The van der Waals surface area contributed by atoms with E-state index >= 15 is 0 Å². The predicted octanol–water partition coefficient (Wildman–Crippen LogP) is 5.67. The van der Waals surface area contributed by atoms with E-state index in [1.54, 1.807) is 0 Å². The number of benzene rings is 2. The smallest absolute Gasteiger partial charge is 0.493 e. The van der Waals surface area contributed by atoms with Crippen LogP contribution in [0, 0.1) is 0 Å². The van der Waals surface area contributed by atoms with Crippen LogP contribution in [0.4, 0.5) is 26.3 Å². The van der Waals surface area contributed by atoms with E-state index in [4.69, 9.17) is 9.47 Å². The molecule has 3 rings (SSSR count). The van der Waals surface area contributed by atoms with Crippen LogP contribution in [0.5, 0.6) is 17.2 Å². The zero-order valence-electron chi connectivity index (χ0n) is 17.5. The molecule has 1 N–H and O–H groups in total. The highest BCUT2D eigenvalue weighted by atomic mass is 32.1. The molecule has 0 atom stereocenters. The fraction of sp³-hybridized carbons (Fsp3) is 0.238. The lowest BCUT2D eigenvalue weighted by Crippen LogP contribution is -2.25. The number of thiazole rings is 1. The van der Waals surface area contributed by atoms with Crippen LogP contribution in [-0.2, 0) is 12.7 Å². The Morgan fingerprint density at radius 2 is 1.71 bits per heavy atom. The second kappa shape index (κ2) is 9.79. The van der Waals surface area contributed by atoms with Gasteiger partial charge in [-0.05, 0) is 35.9 Å². The Morgan fingerprint density at radius 3 is 2.32 bits per heavy atom. The third-order valence-corrected chi connectivity index (χ3v) is 5.42. The lowest BCUT2D eigenvalue weighted by atomic mass is 10.2. The molecule has 0 fully saturated rings. The number of nitrogens with one attached hydrogen (secondary N) is 1. The van der Waals surface area contributed by atoms with E-state index in [1.807, 2.05) is 0 Å². The van der Waals surface area contributed by atoms with E-state index in [9.17, 15) is 31.1 Å². The molecule has 1 amide bonds. The first-order chi connectivity index (χ1) is 15.9. The number of carbonyl (C=O) groups excluding carboxylic acids is 1. The van der Waals surface area contributed by atoms with Crippen molar-refractivity contribution in [3.05, 3.63) is 58.6 Å². The molecule has 0 saturated heterocycles. The number of ether oxygens (including phenoxy) is 3. The summed E-state index contributed by atoms with van der Waals surface area (Å²) >= 11 is 0.513. The molecule has 0 aliphatic heterocycles. The summed E-state index contributed by atoms with van der Waals surface area (Å²) in [5.41, 5.74) is -0.925. The molecule has 0 saturated carbocycles. The molecule has 3 aromatic rings. The SMILES string of the molecule is COc1ccc(-c2nc(C(F)(F)F)c(C(=O)NCc3cccc(OC(F)(F)F)c3)s2)cc1OC. The fourth-order valence-electron chi connectivity index (χ4n) is 2.87. The summed E-state index contributed by atoms with van der Waals surface area (Å²) in [4.78, 5) is 15.5. The van der Waals surface area contributed by atoms with Gasteiger partial charge in [-0.2, -0.15) is 13.2 Å². The molecule has 2 aromatic carbocycles. The van der Waals surface area contributed by atoms with Gasteiger partial charge in [0.2, 0.25) is 0 Å². The number of alkyl halides is 6. The average Bonchev–Trinajstić information content (AvgIpc) is 3.22. The molecule has 0 unspecified atom stereocenters. The Kier molecular flexibility index (Phi) is 7.24. The highest BCUT2D eigenvalue weighted by molar-refractivity contribution is 7.17. The molecule has 0 aliphatic carbocycles. The number of hydrogen-bond donors (Lipinski definition) is 1. The molecule has 34 heavy (non-hydrogen) atoms. The fourth-order valence-corrected chi connectivity index (χ4v) is 3.87. The summed E-state index contributed by atoms with van der Waals surface area (Å²) in [5.74, 6) is -0.994. The first kappa shape index (κ1) is 25.1. The summed E-state index contributed by atoms with van der Waals surface area (Å²) in [7, 11) is 2.76. The first-order valence-corrected chi connectivity index (χ1v) is 10.2. The second-order valence-corrected chi connectivity index (χ2v) is 7.64. The van der Waals surface area contributed by atoms with Crippen molar-refractivity contribution in [1.29, 1.82) is 0 Å². The summed E-state index contributed by atoms with van der Waals surface area (Å²) in [6, 6.07) is 9.08. The summed E-state index contributed by atoms with van der Waals surface area (Å²) in [6.45, 7) is -0.339. The van der Waals surface area contributed by atoms with Crippen LogP contribution in [0.15, 0.2) is 42.5 Å². The van der Waals surface area contributed by atoms with Crippen molar-refractivity contribution in [3.63, 3.8) is 0 Å². The highest BCUT2D eigenvalue weighted by Gasteiger charge is 2.40. The maximum absolute atomic E-state index is 13.6. The highest BCUT2D eigenvalue weighted by Crippen LogP contribution is 2.40. The zero-order valence-corrected chi connectivity index (χ0v) is 18.3. The van der Waals surface area contributed by atoms with Crippen LogP contribution in [0.1, 0.15) is 20.9 Å². The van der Waals surface area contributed by atoms with Gasteiger partial charge in [-0.3, -0.25) is 4.79 Å². The molecule has 0 bridgehead atoms. The van der Waals surface area contributed by atoms with Crippen LogP contribution in [0.25, 0.3) is 10.6 Å². The minimum absolute atomic E-state index is 0.0843. The van der Waals surface area contributed by atoms with Crippen molar-refractivity contribution in [2.24, 2.45) is 0 Å². The number of aromatic nitrogens is 1. The maximum atomic E-state index is 13.6. The molecule has 6 nitrogen and oxygen atoms in total. The van der Waals surface area contributed by atoms with Crippen molar-refractivity contribution in [2.45, 2.75) is 19.1 Å². The Morgan fingerprint density at radius 1 is 1.00 bits per heavy atom. The molecular formula is C21H16F6N2O4S. The van der Waals surface area contributed by atoms with Crippen LogP contribution in [0.3, 0.4) is 0 Å². The van der Waals surface area contributed by atoms with Gasteiger partial charge < -0.3 is 19.5 Å². The molecule has 13 heteroatoms. The Balaban J connectivity index is 1.86. The standard InChI is InChI=1S/C21H16F6N2O4S/c1-31-14-7-6-12(9-15(14)32-2)19-29-17(20(22,23)24)16(34-19)18(30)28-10-11-4-3-5-13(8-11)33-21(25,26)27/h3-9H,10H2,1-2H3,(H,28,30). The van der Waals surface area contributed by atoms with Crippen LogP contribution < -0.4 is 19.5 Å². The van der Waals surface area contributed by atoms with E-state index in [2.05, 4.69) is 15.0 Å². The third-order valence-electron chi connectivity index (χ3n) is 4.32. The summed E-state index contributed by atoms with van der Waals surface area (Å²) in [5, 5.41) is 2.19. The number of hydrogen-bond acceptors (Lipinski definition) is 6. The van der Waals surface area contributed by atoms with Gasteiger partial charge in [0.05, 0.1) is 14.2 Å². The van der Waals surface area contributed by atoms with Gasteiger partial charge in [-0.25, -0.2) is 4.98 Å². The lowest BCUT2D eigenvalue weighted by molar-refractivity contribution is -0.274. The molecular weight excluding hydrogens is 490 g/mol. The number of halogens is 6. The van der Waals surface area contributed by atoms with Crippen molar-refractivity contribution >= 4 is 17.2 Å². The Bertz CT molecular complexity index is 1180. The third kappa shape index (κ3) is 6.10. The second-order valence-electron chi connectivity index (χ2n) is 6.64. The van der Waals surface area contributed by atoms with Crippen molar-refractivity contribution in [1.82, 2.24) is 10.3 Å². The Labute approximate surface area is 193 Å².